The molecule has 0 atom stereocenters. The van der Waals surface area contributed by atoms with Crippen LogP contribution in [0.25, 0.3) is 11.3 Å². The molecule has 5 N–H and O–H groups in total. The molecule has 0 saturated carbocycles. The highest BCUT2D eigenvalue weighted by molar-refractivity contribution is 7.92. The number of hydrogen-bond donors (Lipinski definition) is 4. The normalized spacial score (nSPS) is 11.2. The first-order valence-electron chi connectivity index (χ1n) is 9.00. The van der Waals surface area contributed by atoms with Crippen molar-refractivity contribution >= 4 is 33.1 Å². The Bertz CT molecular complexity index is 1170. The lowest BCUT2D eigenvalue weighted by molar-refractivity contribution is 0.100. The Labute approximate surface area is 173 Å². The first-order chi connectivity index (χ1) is 14.2. The van der Waals surface area contributed by atoms with Gasteiger partial charge in [-0.15, -0.1) is 0 Å². The van der Waals surface area contributed by atoms with Gasteiger partial charge in [0.15, 0.2) is 5.82 Å². The number of nitrogens with one attached hydrogen (secondary N) is 3. The molecular weight excluding hydrogens is 408 g/mol. The van der Waals surface area contributed by atoms with Crippen LogP contribution in [0.5, 0.6) is 5.88 Å². The number of aromatic nitrogens is 3. The highest BCUT2D eigenvalue weighted by Gasteiger charge is 2.20. The minimum atomic E-state index is -3.38. The molecule has 158 valence electrons. The van der Waals surface area contributed by atoms with Gasteiger partial charge in [0, 0.05) is 29.2 Å². The second-order valence-corrected chi connectivity index (χ2v) is 8.45. The lowest BCUT2D eigenvalue weighted by Crippen LogP contribution is -2.14. The predicted octanol–water partition coefficient (Wildman–Crippen LogP) is 2.39. The van der Waals surface area contributed by atoms with Crippen LogP contribution in [0.3, 0.4) is 0 Å². The number of nitrogens with zero attached hydrogens (tertiary/aromatic N) is 2. The van der Waals surface area contributed by atoms with E-state index in [4.69, 9.17) is 10.5 Å². The van der Waals surface area contributed by atoms with E-state index in [1.54, 1.807) is 43.5 Å². The Kier molecular flexibility index (Phi) is 5.92. The molecule has 11 heteroatoms. The number of nitrogens with two attached hydrogens (primary N) is 1. The number of methoxy groups -OCH3 is 1. The van der Waals surface area contributed by atoms with Crippen molar-refractivity contribution in [1.29, 1.82) is 0 Å². The molecule has 3 aromatic rings. The van der Waals surface area contributed by atoms with Crippen LogP contribution in [-0.2, 0) is 10.0 Å². The van der Waals surface area contributed by atoms with Gasteiger partial charge in [0.2, 0.25) is 15.9 Å². The van der Waals surface area contributed by atoms with E-state index in [-0.39, 0.29) is 17.1 Å². The van der Waals surface area contributed by atoms with Crippen LogP contribution in [0.15, 0.2) is 36.5 Å². The van der Waals surface area contributed by atoms with Crippen molar-refractivity contribution < 1.29 is 17.9 Å². The van der Waals surface area contributed by atoms with E-state index in [1.807, 2.05) is 6.92 Å². The van der Waals surface area contributed by atoms with Gasteiger partial charge in [0.05, 0.1) is 18.6 Å². The smallest absolute Gasteiger partial charge is 0.254 e. The van der Waals surface area contributed by atoms with Crippen molar-refractivity contribution in [3.8, 4) is 17.1 Å². The zero-order valence-corrected chi connectivity index (χ0v) is 17.5. The Morgan fingerprint density at radius 3 is 2.57 bits per heavy atom. The molecule has 0 fully saturated rings. The minimum absolute atomic E-state index is 0.0324. The molecule has 0 aliphatic carbocycles. The van der Waals surface area contributed by atoms with Crippen molar-refractivity contribution in [3.63, 3.8) is 0 Å². The third-order valence-corrected chi connectivity index (χ3v) is 5.69. The summed E-state index contributed by atoms with van der Waals surface area (Å²) in [6, 6.07) is 8.21. The summed E-state index contributed by atoms with van der Waals surface area (Å²) in [5.74, 6) is -0.0417. The van der Waals surface area contributed by atoms with Crippen molar-refractivity contribution in [2.75, 3.05) is 22.9 Å². The molecule has 1 amide bonds. The molecule has 30 heavy (non-hydrogen) atoms. The fraction of sp³-hybridized carbons (Fsp3) is 0.211. The van der Waals surface area contributed by atoms with Crippen molar-refractivity contribution in [2.24, 2.45) is 5.73 Å². The van der Waals surface area contributed by atoms with E-state index in [0.29, 0.717) is 28.5 Å². The quantitative estimate of drug-likeness (QED) is 0.428. The van der Waals surface area contributed by atoms with E-state index in [9.17, 15) is 13.2 Å². The van der Waals surface area contributed by atoms with E-state index in [1.165, 1.54) is 7.11 Å². The molecule has 0 bridgehead atoms. The predicted molar refractivity (Wildman–Crippen MR) is 114 cm³/mol. The number of aryl methyl sites for hydroxylation is 1. The van der Waals surface area contributed by atoms with Crippen LogP contribution in [-0.4, -0.2) is 42.4 Å². The first kappa shape index (κ1) is 21.1. The maximum atomic E-state index is 12.2. The second kappa shape index (κ2) is 8.41. The SMILES string of the molecule is CCS(=O)(=O)Nc1ccc(-c2[nH]nc(Nc3cc(OC)ncc3C)c2C(N)=O)cc1. The number of ether oxygens (including phenoxy) is 1. The lowest BCUT2D eigenvalue weighted by atomic mass is 10.1. The number of hydrogen-bond acceptors (Lipinski definition) is 7. The monoisotopic (exact) mass is 430 g/mol. The third kappa shape index (κ3) is 4.51. The van der Waals surface area contributed by atoms with Crippen LogP contribution >= 0.6 is 0 Å². The minimum Gasteiger partial charge on any atom is -0.481 e. The summed E-state index contributed by atoms with van der Waals surface area (Å²) in [5, 5.41) is 10.1. The van der Waals surface area contributed by atoms with Gasteiger partial charge in [-0.25, -0.2) is 13.4 Å². The number of pyridine rings is 1. The summed E-state index contributed by atoms with van der Waals surface area (Å²) in [6.07, 6.45) is 1.63. The number of sulfonamides is 1. The summed E-state index contributed by atoms with van der Waals surface area (Å²) in [7, 11) is -1.87. The molecule has 0 saturated heterocycles. The van der Waals surface area contributed by atoms with E-state index in [0.717, 1.165) is 5.56 Å². The van der Waals surface area contributed by atoms with Gasteiger partial charge in [0.25, 0.3) is 5.91 Å². The summed E-state index contributed by atoms with van der Waals surface area (Å²) in [4.78, 5) is 16.3. The molecule has 0 radical (unpaired) electrons. The molecule has 2 aromatic heterocycles. The average Bonchev–Trinajstić information content (AvgIpc) is 3.14. The summed E-state index contributed by atoms with van der Waals surface area (Å²) < 4.78 is 31.0. The Hall–Kier alpha value is -3.60. The van der Waals surface area contributed by atoms with E-state index >= 15 is 0 Å². The Balaban J connectivity index is 1.94. The highest BCUT2D eigenvalue weighted by atomic mass is 32.2. The molecule has 2 heterocycles. The average molecular weight is 430 g/mol. The Morgan fingerprint density at radius 2 is 1.97 bits per heavy atom. The number of carbonyl (C=O) groups is 1. The zero-order chi connectivity index (χ0) is 21.9. The van der Waals surface area contributed by atoms with Gasteiger partial charge >= 0.3 is 0 Å². The third-order valence-electron chi connectivity index (χ3n) is 4.38. The largest absolute Gasteiger partial charge is 0.481 e. The molecular formula is C19H22N6O4S. The summed E-state index contributed by atoms with van der Waals surface area (Å²) >= 11 is 0. The van der Waals surface area contributed by atoms with Crippen molar-refractivity contribution in [2.45, 2.75) is 13.8 Å². The number of H-pyrrole nitrogens is 1. The summed E-state index contributed by atoms with van der Waals surface area (Å²) in [6.45, 7) is 3.40. The molecule has 1 aromatic carbocycles. The van der Waals surface area contributed by atoms with Crippen LogP contribution in [0.1, 0.15) is 22.8 Å². The maximum Gasteiger partial charge on any atom is 0.254 e. The lowest BCUT2D eigenvalue weighted by Gasteiger charge is -2.10. The fourth-order valence-corrected chi connectivity index (χ4v) is 3.36. The van der Waals surface area contributed by atoms with Gasteiger partial charge in [0.1, 0.15) is 5.56 Å². The van der Waals surface area contributed by atoms with E-state index in [2.05, 4.69) is 25.2 Å². The number of carbonyl (C=O) groups excluding carboxylic acids is 1. The first-order valence-corrected chi connectivity index (χ1v) is 10.7. The summed E-state index contributed by atoms with van der Waals surface area (Å²) in [5.41, 5.74) is 8.71. The van der Waals surface area contributed by atoms with Gasteiger partial charge < -0.3 is 15.8 Å². The van der Waals surface area contributed by atoms with Crippen LogP contribution in [0.2, 0.25) is 0 Å². The number of rotatable bonds is 8. The molecule has 0 spiro atoms. The zero-order valence-electron chi connectivity index (χ0n) is 16.7. The molecule has 3 rings (SSSR count). The number of amides is 1. The van der Waals surface area contributed by atoms with Crippen LogP contribution < -0.4 is 20.5 Å². The number of aromatic amines is 1. The van der Waals surface area contributed by atoms with Crippen LogP contribution in [0, 0.1) is 6.92 Å². The van der Waals surface area contributed by atoms with E-state index < -0.39 is 15.9 Å². The van der Waals surface area contributed by atoms with Gasteiger partial charge in [-0.3, -0.25) is 14.6 Å². The standard InChI is InChI=1S/C19H22N6O4S/c1-4-30(27,28)25-13-7-5-12(6-8-13)17-16(18(20)26)19(24-23-17)22-14-9-15(29-3)21-10-11(14)2/h5-10,25H,4H2,1-3H3,(H2,20,26)(H2,21,22,23,24). The van der Waals surface area contributed by atoms with Crippen LogP contribution in [0.4, 0.5) is 17.2 Å². The topological polar surface area (TPSA) is 152 Å². The Morgan fingerprint density at radius 1 is 1.27 bits per heavy atom. The number of anilines is 3. The van der Waals surface area contributed by atoms with Gasteiger partial charge in [-0.05, 0) is 31.5 Å². The molecule has 0 aliphatic heterocycles. The fourth-order valence-electron chi connectivity index (χ4n) is 2.72. The molecule has 0 aliphatic rings. The van der Waals surface area contributed by atoms with Gasteiger partial charge in [-0.2, -0.15) is 5.10 Å². The number of primary amides is 1. The second-order valence-electron chi connectivity index (χ2n) is 6.44. The van der Waals surface area contributed by atoms with Crippen molar-refractivity contribution in [1.82, 2.24) is 15.2 Å². The highest BCUT2D eigenvalue weighted by Crippen LogP contribution is 2.31. The molecule has 0 unspecified atom stereocenters. The van der Waals surface area contributed by atoms with Gasteiger partial charge in [-0.1, -0.05) is 12.1 Å². The number of benzene rings is 1. The van der Waals surface area contributed by atoms with Crippen molar-refractivity contribution in [3.05, 3.63) is 47.7 Å². The maximum absolute atomic E-state index is 12.2. The molecule has 10 nitrogen and oxygen atoms in total.